The first-order valence-corrected chi connectivity index (χ1v) is 6.81. The molecule has 1 aliphatic rings. The molecule has 21 heavy (non-hydrogen) atoms. The van der Waals surface area contributed by atoms with E-state index in [4.69, 9.17) is 0 Å². The third-order valence-corrected chi connectivity index (χ3v) is 3.69. The van der Waals surface area contributed by atoms with E-state index >= 15 is 0 Å². The monoisotopic (exact) mass is 296 g/mol. The van der Waals surface area contributed by atoms with Crippen molar-refractivity contribution in [3.63, 3.8) is 0 Å². The fourth-order valence-corrected chi connectivity index (χ4v) is 2.49. The number of aryl methyl sites for hydroxylation is 1. The highest BCUT2D eigenvalue weighted by molar-refractivity contribution is 6.10. The van der Waals surface area contributed by atoms with Crippen LogP contribution in [-0.4, -0.2) is 23.4 Å². The van der Waals surface area contributed by atoms with Crippen LogP contribution in [0.1, 0.15) is 32.8 Å². The molecular formula is C15H18F2N2O2. The Kier molecular flexibility index (Phi) is 3.74. The molecule has 0 radical (unpaired) electrons. The van der Waals surface area contributed by atoms with Crippen LogP contribution in [0.3, 0.4) is 0 Å². The largest absolute Gasteiger partial charge is 0.340 e. The van der Waals surface area contributed by atoms with Crippen LogP contribution in [0.5, 0.6) is 0 Å². The van der Waals surface area contributed by atoms with Gasteiger partial charge in [-0.3, -0.25) is 14.5 Å². The molecule has 0 aromatic heterocycles. The van der Waals surface area contributed by atoms with Gasteiger partial charge in [0, 0.05) is 0 Å². The van der Waals surface area contributed by atoms with Crippen molar-refractivity contribution in [2.24, 2.45) is 0 Å². The Morgan fingerprint density at radius 1 is 1.29 bits per heavy atom. The molecule has 1 aromatic rings. The minimum Gasteiger partial charge on any atom is -0.340 e. The number of nitrogens with zero attached hydrogens (tertiary/aromatic N) is 1. The minimum absolute atomic E-state index is 0.220. The SMILES string of the molecule is CCC1C(=O)NC(C)(C)C(=O)N1c1c(F)ccc(C)c1F. The van der Waals surface area contributed by atoms with Gasteiger partial charge < -0.3 is 5.32 Å². The fraction of sp³-hybridized carbons (Fsp3) is 0.467. The Balaban J connectivity index is 2.65. The Bertz CT molecular complexity index is 614. The van der Waals surface area contributed by atoms with E-state index in [1.165, 1.54) is 26.8 Å². The van der Waals surface area contributed by atoms with E-state index in [0.29, 0.717) is 0 Å². The Hall–Kier alpha value is -1.98. The van der Waals surface area contributed by atoms with Crippen LogP contribution in [0, 0.1) is 18.6 Å². The molecule has 1 aromatic carbocycles. The first-order valence-electron chi connectivity index (χ1n) is 6.81. The number of piperazine rings is 1. The zero-order valence-corrected chi connectivity index (χ0v) is 12.5. The van der Waals surface area contributed by atoms with Gasteiger partial charge in [-0.2, -0.15) is 0 Å². The summed E-state index contributed by atoms with van der Waals surface area (Å²) in [5.74, 6) is -2.61. The first kappa shape index (κ1) is 15.4. The molecular weight excluding hydrogens is 278 g/mol. The molecule has 1 atom stereocenters. The van der Waals surface area contributed by atoms with Gasteiger partial charge >= 0.3 is 0 Å². The maximum atomic E-state index is 14.3. The Morgan fingerprint density at radius 2 is 1.90 bits per heavy atom. The van der Waals surface area contributed by atoms with Gasteiger partial charge in [0.25, 0.3) is 5.91 Å². The predicted octanol–water partition coefficient (Wildman–Crippen LogP) is 2.29. The Morgan fingerprint density at radius 3 is 2.48 bits per heavy atom. The van der Waals surface area contributed by atoms with Crippen LogP contribution in [0.25, 0.3) is 0 Å². The van der Waals surface area contributed by atoms with Crippen molar-refractivity contribution in [3.8, 4) is 0 Å². The number of benzene rings is 1. The molecule has 0 spiro atoms. The van der Waals surface area contributed by atoms with Gasteiger partial charge in [0.05, 0.1) is 0 Å². The number of halogens is 2. The van der Waals surface area contributed by atoms with E-state index in [1.807, 2.05) is 0 Å². The zero-order valence-electron chi connectivity index (χ0n) is 12.5. The molecule has 0 bridgehead atoms. The quantitative estimate of drug-likeness (QED) is 0.910. The van der Waals surface area contributed by atoms with Gasteiger partial charge in [0.1, 0.15) is 23.1 Å². The van der Waals surface area contributed by atoms with Gasteiger partial charge in [-0.1, -0.05) is 13.0 Å². The number of nitrogens with one attached hydrogen (secondary N) is 1. The number of carbonyl (C=O) groups excluding carboxylic acids is 2. The Labute approximate surface area is 122 Å². The van der Waals surface area contributed by atoms with E-state index in [2.05, 4.69) is 5.32 Å². The standard InChI is InChI=1S/C15H18F2N2O2/c1-5-10-13(20)18-15(3,4)14(21)19(10)12-9(16)7-6-8(2)11(12)17/h6-7,10H,5H2,1-4H3,(H,18,20). The number of amides is 2. The van der Waals surface area contributed by atoms with E-state index < -0.39 is 40.7 Å². The third-order valence-electron chi connectivity index (χ3n) is 3.69. The summed E-state index contributed by atoms with van der Waals surface area (Å²) in [6, 6.07) is 1.48. The molecule has 6 heteroatoms. The summed E-state index contributed by atoms with van der Waals surface area (Å²) in [7, 11) is 0. The summed E-state index contributed by atoms with van der Waals surface area (Å²) in [6.45, 7) is 6.20. The zero-order chi connectivity index (χ0) is 15.9. The molecule has 114 valence electrons. The summed E-state index contributed by atoms with van der Waals surface area (Å²) in [4.78, 5) is 25.6. The van der Waals surface area contributed by atoms with Crippen molar-refractivity contribution >= 4 is 17.5 Å². The van der Waals surface area contributed by atoms with E-state index in [-0.39, 0.29) is 12.0 Å². The lowest BCUT2D eigenvalue weighted by Gasteiger charge is -2.42. The number of hydrogen-bond acceptors (Lipinski definition) is 2. The average molecular weight is 296 g/mol. The summed E-state index contributed by atoms with van der Waals surface area (Å²) in [5.41, 5.74) is -1.43. The molecule has 1 heterocycles. The van der Waals surface area contributed by atoms with Crippen molar-refractivity contribution < 1.29 is 18.4 Å². The average Bonchev–Trinajstić information content (AvgIpc) is 2.39. The van der Waals surface area contributed by atoms with Crippen LogP contribution in [0.2, 0.25) is 0 Å². The van der Waals surface area contributed by atoms with Crippen LogP contribution < -0.4 is 10.2 Å². The van der Waals surface area contributed by atoms with Crippen molar-refractivity contribution in [1.29, 1.82) is 0 Å². The highest BCUT2D eigenvalue weighted by Gasteiger charge is 2.46. The number of hydrogen-bond donors (Lipinski definition) is 1. The smallest absolute Gasteiger partial charge is 0.253 e. The van der Waals surface area contributed by atoms with E-state index in [9.17, 15) is 18.4 Å². The second-order valence-electron chi connectivity index (χ2n) is 5.74. The number of anilines is 1. The number of rotatable bonds is 2. The van der Waals surface area contributed by atoms with E-state index in [1.54, 1.807) is 6.92 Å². The molecule has 0 aliphatic carbocycles. The van der Waals surface area contributed by atoms with Gasteiger partial charge in [-0.15, -0.1) is 0 Å². The van der Waals surface area contributed by atoms with Gasteiger partial charge in [-0.05, 0) is 38.8 Å². The lowest BCUT2D eigenvalue weighted by Crippen LogP contribution is -2.68. The molecule has 2 rings (SSSR count). The minimum atomic E-state index is -1.20. The van der Waals surface area contributed by atoms with Crippen molar-refractivity contribution in [3.05, 3.63) is 29.3 Å². The lowest BCUT2D eigenvalue weighted by atomic mass is 9.94. The molecule has 4 nitrogen and oxygen atoms in total. The maximum absolute atomic E-state index is 14.3. The lowest BCUT2D eigenvalue weighted by molar-refractivity contribution is -0.137. The number of carbonyl (C=O) groups is 2. The summed E-state index contributed by atoms with van der Waals surface area (Å²) in [5, 5.41) is 2.58. The summed E-state index contributed by atoms with van der Waals surface area (Å²) in [6.07, 6.45) is 0.264. The van der Waals surface area contributed by atoms with Crippen LogP contribution in [-0.2, 0) is 9.59 Å². The topological polar surface area (TPSA) is 49.4 Å². The van der Waals surface area contributed by atoms with Crippen LogP contribution in [0.15, 0.2) is 12.1 Å². The van der Waals surface area contributed by atoms with Gasteiger partial charge in [0.2, 0.25) is 5.91 Å². The predicted molar refractivity (Wildman–Crippen MR) is 74.9 cm³/mol. The van der Waals surface area contributed by atoms with Crippen molar-refractivity contribution in [1.82, 2.24) is 5.32 Å². The van der Waals surface area contributed by atoms with Gasteiger partial charge in [0.15, 0.2) is 5.82 Å². The van der Waals surface area contributed by atoms with Crippen LogP contribution in [0.4, 0.5) is 14.5 Å². The molecule has 2 amide bonds. The highest BCUT2D eigenvalue weighted by atomic mass is 19.1. The fourth-order valence-electron chi connectivity index (χ4n) is 2.49. The summed E-state index contributed by atoms with van der Waals surface area (Å²) >= 11 is 0. The van der Waals surface area contributed by atoms with Crippen LogP contribution >= 0.6 is 0 Å². The second kappa shape index (κ2) is 5.09. The van der Waals surface area contributed by atoms with E-state index in [0.717, 1.165) is 11.0 Å². The molecule has 1 unspecified atom stereocenters. The first-order chi connectivity index (χ1) is 9.70. The summed E-state index contributed by atoms with van der Waals surface area (Å²) < 4.78 is 28.5. The molecule has 1 saturated heterocycles. The van der Waals surface area contributed by atoms with Crippen molar-refractivity contribution in [2.45, 2.75) is 45.7 Å². The second-order valence-corrected chi connectivity index (χ2v) is 5.74. The van der Waals surface area contributed by atoms with Crippen molar-refractivity contribution in [2.75, 3.05) is 4.90 Å². The molecule has 1 fully saturated rings. The third kappa shape index (κ3) is 2.39. The highest BCUT2D eigenvalue weighted by Crippen LogP contribution is 2.32. The molecule has 1 aliphatic heterocycles. The normalized spacial score (nSPS) is 21.4. The van der Waals surface area contributed by atoms with Gasteiger partial charge in [-0.25, -0.2) is 8.78 Å². The molecule has 1 N–H and O–H groups in total. The molecule has 0 saturated carbocycles. The maximum Gasteiger partial charge on any atom is 0.253 e.